The van der Waals surface area contributed by atoms with Crippen LogP contribution in [0.4, 0.5) is 4.79 Å². The SMILES string of the molecule is CCNC(=O)[C@@H]1CCNC[C@@H]1NC(=O)OC(C)(C)C. The van der Waals surface area contributed by atoms with Gasteiger partial charge >= 0.3 is 6.09 Å². The minimum absolute atomic E-state index is 0.00920. The smallest absolute Gasteiger partial charge is 0.407 e. The van der Waals surface area contributed by atoms with Crippen LogP contribution in [0.2, 0.25) is 0 Å². The van der Waals surface area contributed by atoms with Crippen LogP contribution in [0.15, 0.2) is 0 Å². The molecule has 110 valence electrons. The lowest BCUT2D eigenvalue weighted by Crippen LogP contribution is -2.56. The highest BCUT2D eigenvalue weighted by Crippen LogP contribution is 2.14. The zero-order chi connectivity index (χ0) is 14.5. The van der Waals surface area contributed by atoms with Crippen molar-refractivity contribution >= 4 is 12.0 Å². The molecule has 0 aromatic rings. The Bertz CT molecular complexity index is 326. The molecule has 1 aliphatic rings. The maximum absolute atomic E-state index is 11.9. The minimum Gasteiger partial charge on any atom is -0.444 e. The molecule has 1 heterocycles. The molecule has 1 rings (SSSR count). The number of alkyl carbamates (subject to hydrolysis) is 1. The Morgan fingerprint density at radius 2 is 2.05 bits per heavy atom. The number of piperidine rings is 1. The Morgan fingerprint density at radius 1 is 1.37 bits per heavy atom. The van der Waals surface area contributed by atoms with E-state index in [0.29, 0.717) is 19.5 Å². The Balaban J connectivity index is 2.57. The second-order valence-corrected chi connectivity index (χ2v) is 5.75. The van der Waals surface area contributed by atoms with E-state index < -0.39 is 11.7 Å². The number of hydrogen-bond donors (Lipinski definition) is 3. The van der Waals surface area contributed by atoms with Crippen LogP contribution in [-0.2, 0) is 9.53 Å². The summed E-state index contributed by atoms with van der Waals surface area (Å²) in [5, 5.41) is 8.77. The molecule has 6 nitrogen and oxygen atoms in total. The van der Waals surface area contributed by atoms with Gasteiger partial charge in [-0.2, -0.15) is 0 Å². The fraction of sp³-hybridized carbons (Fsp3) is 0.846. The van der Waals surface area contributed by atoms with E-state index in [4.69, 9.17) is 4.74 Å². The number of carbonyl (C=O) groups excluding carboxylic acids is 2. The van der Waals surface area contributed by atoms with Gasteiger partial charge in [-0.3, -0.25) is 4.79 Å². The molecule has 0 spiro atoms. The van der Waals surface area contributed by atoms with Crippen molar-refractivity contribution in [3.05, 3.63) is 0 Å². The summed E-state index contributed by atoms with van der Waals surface area (Å²) in [6.07, 6.45) is 0.238. The number of hydrogen-bond acceptors (Lipinski definition) is 4. The van der Waals surface area contributed by atoms with Crippen molar-refractivity contribution in [2.45, 2.75) is 45.8 Å². The molecular formula is C13H25N3O3. The fourth-order valence-corrected chi connectivity index (χ4v) is 2.09. The van der Waals surface area contributed by atoms with Gasteiger partial charge in [0.15, 0.2) is 0 Å². The van der Waals surface area contributed by atoms with E-state index in [-0.39, 0.29) is 17.9 Å². The van der Waals surface area contributed by atoms with Crippen molar-refractivity contribution in [1.82, 2.24) is 16.0 Å². The van der Waals surface area contributed by atoms with Crippen molar-refractivity contribution in [1.29, 1.82) is 0 Å². The largest absolute Gasteiger partial charge is 0.444 e. The predicted octanol–water partition coefficient (Wildman–Crippen LogP) is 0.625. The van der Waals surface area contributed by atoms with Gasteiger partial charge < -0.3 is 20.7 Å². The minimum atomic E-state index is -0.534. The number of rotatable bonds is 3. The quantitative estimate of drug-likeness (QED) is 0.703. The topological polar surface area (TPSA) is 79.5 Å². The molecule has 1 saturated heterocycles. The molecule has 2 amide bonds. The Labute approximate surface area is 114 Å². The van der Waals surface area contributed by atoms with E-state index in [1.165, 1.54) is 0 Å². The third-order valence-corrected chi connectivity index (χ3v) is 2.87. The number of carbonyl (C=O) groups is 2. The number of amides is 2. The van der Waals surface area contributed by atoms with Crippen molar-refractivity contribution in [2.24, 2.45) is 5.92 Å². The predicted molar refractivity (Wildman–Crippen MR) is 72.8 cm³/mol. The summed E-state index contributed by atoms with van der Waals surface area (Å²) in [6, 6.07) is -0.227. The lowest BCUT2D eigenvalue weighted by molar-refractivity contribution is -0.126. The maximum atomic E-state index is 11.9. The van der Waals surface area contributed by atoms with Crippen LogP contribution in [0, 0.1) is 5.92 Å². The second-order valence-electron chi connectivity index (χ2n) is 5.75. The van der Waals surface area contributed by atoms with Crippen LogP contribution >= 0.6 is 0 Å². The Hall–Kier alpha value is -1.30. The first-order valence-corrected chi connectivity index (χ1v) is 6.81. The average molecular weight is 271 g/mol. The summed E-state index contributed by atoms with van der Waals surface area (Å²) in [7, 11) is 0. The summed E-state index contributed by atoms with van der Waals surface area (Å²) in [6.45, 7) is 9.29. The summed E-state index contributed by atoms with van der Waals surface area (Å²) in [4.78, 5) is 23.7. The van der Waals surface area contributed by atoms with E-state index in [9.17, 15) is 9.59 Å². The van der Waals surface area contributed by atoms with Gasteiger partial charge in [-0.1, -0.05) is 0 Å². The maximum Gasteiger partial charge on any atom is 0.407 e. The molecular weight excluding hydrogens is 246 g/mol. The van der Waals surface area contributed by atoms with Crippen LogP contribution < -0.4 is 16.0 Å². The molecule has 0 bridgehead atoms. The first-order chi connectivity index (χ1) is 8.83. The molecule has 0 unspecified atom stereocenters. The van der Waals surface area contributed by atoms with Crippen LogP contribution in [0.1, 0.15) is 34.1 Å². The van der Waals surface area contributed by atoms with E-state index in [1.54, 1.807) is 0 Å². The van der Waals surface area contributed by atoms with Crippen molar-refractivity contribution in [3.8, 4) is 0 Å². The highest BCUT2D eigenvalue weighted by Gasteiger charge is 2.32. The molecule has 19 heavy (non-hydrogen) atoms. The van der Waals surface area contributed by atoms with Gasteiger partial charge in [0.2, 0.25) is 5.91 Å². The first-order valence-electron chi connectivity index (χ1n) is 6.81. The van der Waals surface area contributed by atoms with Crippen LogP contribution in [0.3, 0.4) is 0 Å². The zero-order valence-electron chi connectivity index (χ0n) is 12.2. The van der Waals surface area contributed by atoms with Crippen molar-refractivity contribution in [3.63, 3.8) is 0 Å². The molecule has 2 atom stereocenters. The average Bonchev–Trinajstić information content (AvgIpc) is 2.27. The molecule has 1 aliphatic heterocycles. The molecule has 0 radical (unpaired) electrons. The highest BCUT2D eigenvalue weighted by molar-refractivity contribution is 5.80. The summed E-state index contributed by atoms with van der Waals surface area (Å²) in [5.74, 6) is -0.209. The molecule has 0 aromatic carbocycles. The van der Waals surface area contributed by atoms with E-state index >= 15 is 0 Å². The molecule has 3 N–H and O–H groups in total. The summed E-state index contributed by atoms with van der Waals surface area (Å²) < 4.78 is 5.22. The molecule has 0 saturated carbocycles. The second kappa shape index (κ2) is 6.75. The van der Waals surface area contributed by atoms with Crippen LogP contribution in [0.25, 0.3) is 0 Å². The van der Waals surface area contributed by atoms with E-state index in [0.717, 1.165) is 6.54 Å². The standard InChI is InChI=1S/C13H25N3O3/c1-5-15-11(17)9-6-7-14-8-10(9)16-12(18)19-13(2,3)4/h9-10,14H,5-8H2,1-4H3,(H,15,17)(H,16,18)/t9-,10+/m1/s1. The van der Waals surface area contributed by atoms with Crippen LogP contribution in [0.5, 0.6) is 0 Å². The van der Waals surface area contributed by atoms with Crippen LogP contribution in [-0.4, -0.2) is 43.3 Å². The zero-order valence-corrected chi connectivity index (χ0v) is 12.2. The normalized spacial score (nSPS) is 23.6. The van der Waals surface area contributed by atoms with E-state index in [2.05, 4.69) is 16.0 Å². The highest BCUT2D eigenvalue weighted by atomic mass is 16.6. The fourth-order valence-electron chi connectivity index (χ4n) is 2.09. The summed E-state index contributed by atoms with van der Waals surface area (Å²) >= 11 is 0. The van der Waals surface area contributed by atoms with Crippen molar-refractivity contribution < 1.29 is 14.3 Å². The van der Waals surface area contributed by atoms with Gasteiger partial charge in [-0.05, 0) is 40.7 Å². The lowest BCUT2D eigenvalue weighted by atomic mass is 9.92. The van der Waals surface area contributed by atoms with Gasteiger partial charge in [0.05, 0.1) is 12.0 Å². The lowest BCUT2D eigenvalue weighted by Gasteiger charge is -2.32. The molecule has 1 fully saturated rings. The van der Waals surface area contributed by atoms with Crippen molar-refractivity contribution in [2.75, 3.05) is 19.6 Å². The third kappa shape index (κ3) is 5.46. The first kappa shape index (κ1) is 15.8. The van der Waals surface area contributed by atoms with E-state index in [1.807, 2.05) is 27.7 Å². The molecule has 0 aromatic heterocycles. The molecule has 0 aliphatic carbocycles. The Morgan fingerprint density at radius 3 is 2.63 bits per heavy atom. The number of nitrogens with one attached hydrogen (secondary N) is 3. The van der Waals surface area contributed by atoms with Gasteiger partial charge in [0, 0.05) is 13.1 Å². The van der Waals surface area contributed by atoms with Gasteiger partial charge in [-0.25, -0.2) is 4.79 Å². The Kier molecular flexibility index (Phi) is 5.60. The third-order valence-electron chi connectivity index (χ3n) is 2.87. The van der Waals surface area contributed by atoms with Gasteiger partial charge in [-0.15, -0.1) is 0 Å². The number of ether oxygens (including phenoxy) is 1. The van der Waals surface area contributed by atoms with Gasteiger partial charge in [0.1, 0.15) is 5.60 Å². The molecule has 6 heteroatoms. The monoisotopic (exact) mass is 271 g/mol. The summed E-state index contributed by atoms with van der Waals surface area (Å²) in [5.41, 5.74) is -0.534. The van der Waals surface area contributed by atoms with Gasteiger partial charge in [0.25, 0.3) is 0 Å².